The van der Waals surface area contributed by atoms with Crippen molar-refractivity contribution in [1.29, 1.82) is 0 Å². The molecule has 3 N–H and O–H groups in total. The monoisotopic (exact) mass is 820 g/mol. The summed E-state index contributed by atoms with van der Waals surface area (Å²) in [5.41, 5.74) is 14.5. The van der Waals surface area contributed by atoms with Gasteiger partial charge in [-0.15, -0.1) is 0 Å². The van der Waals surface area contributed by atoms with Gasteiger partial charge in [0.15, 0.2) is 11.4 Å². The third-order valence-electron chi connectivity index (χ3n) is 8.73. The maximum atomic E-state index is 12.7. The minimum atomic E-state index is -0.424. The van der Waals surface area contributed by atoms with Crippen LogP contribution in [0.3, 0.4) is 0 Å². The highest BCUT2D eigenvalue weighted by molar-refractivity contribution is 9.09. The first-order chi connectivity index (χ1) is 26.3. The largest absolute Gasteiger partial charge is 0.461 e. The van der Waals surface area contributed by atoms with Gasteiger partial charge in [0.05, 0.1) is 49.6 Å². The molecule has 14 nitrogen and oxygen atoms in total. The van der Waals surface area contributed by atoms with Gasteiger partial charge >= 0.3 is 11.9 Å². The summed E-state index contributed by atoms with van der Waals surface area (Å²) in [6.07, 6.45) is 1.63. The summed E-state index contributed by atoms with van der Waals surface area (Å²) < 4.78 is 13.5. The number of alkyl halides is 1. The Kier molecular flexibility index (Phi) is 15.9. The Bertz CT molecular complexity index is 1890. The topological polar surface area (TPSA) is 167 Å². The Morgan fingerprint density at radius 2 is 1.11 bits per heavy atom. The number of benzene rings is 2. The van der Waals surface area contributed by atoms with E-state index >= 15 is 0 Å². The lowest BCUT2D eigenvalue weighted by Gasteiger charge is -2.20. The van der Waals surface area contributed by atoms with Gasteiger partial charge in [-0.25, -0.2) is 9.59 Å². The van der Waals surface area contributed by atoms with Crippen LogP contribution in [-0.2, 0) is 45.2 Å². The molecule has 0 saturated heterocycles. The molecule has 4 aromatic rings. The van der Waals surface area contributed by atoms with Crippen LogP contribution in [0.25, 0.3) is 0 Å². The van der Waals surface area contributed by atoms with E-state index in [1.54, 1.807) is 40.2 Å². The van der Waals surface area contributed by atoms with Crippen molar-refractivity contribution in [3.05, 3.63) is 93.6 Å². The first kappa shape index (κ1) is 42.6. The summed E-state index contributed by atoms with van der Waals surface area (Å²) in [4.78, 5) is 51.5. The predicted molar refractivity (Wildman–Crippen MR) is 215 cm³/mol. The number of anilines is 2. The van der Waals surface area contributed by atoms with Crippen LogP contribution in [0.5, 0.6) is 0 Å². The van der Waals surface area contributed by atoms with Crippen molar-refractivity contribution in [3.63, 3.8) is 0 Å². The number of nitrogen functional groups attached to an aromatic ring is 1. The number of carbonyl (C=O) groups excluding carboxylic acids is 4. The molecule has 0 aliphatic carbocycles. The number of ether oxygens (including phenoxy) is 2. The lowest BCUT2D eigenvalue weighted by molar-refractivity contribution is -0.130. The van der Waals surface area contributed by atoms with Crippen molar-refractivity contribution in [3.8, 4) is 0 Å². The number of nitrogens with one attached hydrogen (secondary N) is 1. The third-order valence-corrected chi connectivity index (χ3v) is 9.21. The van der Waals surface area contributed by atoms with Gasteiger partial charge in [0.2, 0.25) is 11.8 Å². The van der Waals surface area contributed by atoms with Gasteiger partial charge in [0, 0.05) is 37.6 Å². The number of aromatic nitrogens is 4. The zero-order valence-electron chi connectivity index (χ0n) is 32.7. The fraction of sp³-hybridized carbons (Fsp3) is 0.450. The number of rotatable bonds is 8. The van der Waals surface area contributed by atoms with Crippen LogP contribution in [-0.4, -0.2) is 91.3 Å². The molecule has 6 rings (SSSR count). The first-order valence-electron chi connectivity index (χ1n) is 18.5. The van der Waals surface area contributed by atoms with E-state index < -0.39 is 11.9 Å². The summed E-state index contributed by atoms with van der Waals surface area (Å²) in [7, 11) is 0. The Morgan fingerprint density at radius 1 is 0.673 bits per heavy atom. The van der Waals surface area contributed by atoms with E-state index in [1.807, 2.05) is 56.9 Å². The molecule has 15 heteroatoms. The van der Waals surface area contributed by atoms with Gasteiger partial charge in [-0.2, -0.15) is 10.2 Å². The smallest absolute Gasteiger partial charge is 0.358 e. The number of esters is 2. The number of aryl methyl sites for hydroxylation is 6. The van der Waals surface area contributed by atoms with Gasteiger partial charge in [0.25, 0.3) is 0 Å². The quantitative estimate of drug-likeness (QED) is 0.130. The van der Waals surface area contributed by atoms with Crippen LogP contribution in [0.1, 0.15) is 81.3 Å². The normalized spacial score (nSPS) is 13.4. The number of halogens is 1. The first-order valence-corrected chi connectivity index (χ1v) is 19.7. The molecule has 2 amide bonds. The molecule has 0 saturated carbocycles. The molecule has 0 bridgehead atoms. The van der Waals surface area contributed by atoms with Crippen LogP contribution in [0.2, 0.25) is 0 Å². The van der Waals surface area contributed by atoms with Gasteiger partial charge in [-0.1, -0.05) is 28.1 Å². The van der Waals surface area contributed by atoms with E-state index in [2.05, 4.69) is 43.6 Å². The molecule has 0 radical (unpaired) electrons. The van der Waals surface area contributed by atoms with Crippen molar-refractivity contribution in [2.75, 3.05) is 49.2 Å². The number of carbonyl (C=O) groups is 4. The van der Waals surface area contributed by atoms with Gasteiger partial charge < -0.3 is 30.3 Å². The maximum absolute atomic E-state index is 12.7. The minimum absolute atomic E-state index is 0.0292. The lowest BCUT2D eigenvalue weighted by Crippen LogP contribution is -2.35. The predicted octanol–water partition coefficient (Wildman–Crippen LogP) is 5.59. The minimum Gasteiger partial charge on any atom is -0.461 e. The second-order valence-electron chi connectivity index (χ2n) is 13.6. The van der Waals surface area contributed by atoms with Crippen LogP contribution < -0.4 is 11.1 Å². The lowest BCUT2D eigenvalue weighted by atomic mass is 10.1. The number of nitrogens with two attached hydrogens (primary N) is 1. The van der Waals surface area contributed by atoms with Crippen molar-refractivity contribution >= 4 is 51.1 Å². The molecule has 0 spiro atoms. The fourth-order valence-corrected chi connectivity index (χ4v) is 6.78. The second kappa shape index (κ2) is 20.5. The summed E-state index contributed by atoms with van der Waals surface area (Å²) in [5.74, 6) is -0.761. The van der Waals surface area contributed by atoms with Crippen molar-refractivity contribution in [1.82, 2.24) is 29.4 Å². The van der Waals surface area contributed by atoms with Crippen LogP contribution in [0.15, 0.2) is 48.5 Å². The van der Waals surface area contributed by atoms with E-state index in [9.17, 15) is 19.2 Å². The second-order valence-corrected chi connectivity index (χ2v) is 14.1. The zero-order chi connectivity index (χ0) is 40.1. The van der Waals surface area contributed by atoms with Crippen molar-refractivity contribution in [2.24, 2.45) is 0 Å². The van der Waals surface area contributed by atoms with Crippen LogP contribution >= 0.6 is 15.9 Å². The molecular weight excluding hydrogens is 768 g/mol. The third kappa shape index (κ3) is 12.7. The molecule has 55 heavy (non-hydrogen) atoms. The number of nitrogens with zero attached hydrogens (tertiary/aromatic N) is 6. The van der Waals surface area contributed by atoms with E-state index in [-0.39, 0.29) is 18.4 Å². The number of hydrogen-bond donors (Lipinski definition) is 2. The molecule has 4 heterocycles. The van der Waals surface area contributed by atoms with E-state index in [0.717, 1.165) is 46.7 Å². The molecule has 2 aliphatic rings. The average molecular weight is 822 g/mol. The van der Waals surface area contributed by atoms with Gasteiger partial charge in [-0.3, -0.25) is 19.0 Å². The number of hydrogen-bond acceptors (Lipinski definition) is 10. The number of amides is 2. The molecule has 2 aromatic carbocycles. The molecular formula is C40H53BrN8O6. The Labute approximate surface area is 331 Å². The van der Waals surface area contributed by atoms with E-state index in [1.165, 1.54) is 11.1 Å². The molecule has 0 fully saturated rings. The van der Waals surface area contributed by atoms with Crippen LogP contribution in [0.4, 0.5) is 11.4 Å². The summed E-state index contributed by atoms with van der Waals surface area (Å²) in [6, 6.07) is 15.6. The highest BCUT2D eigenvalue weighted by atomic mass is 79.9. The van der Waals surface area contributed by atoms with Crippen molar-refractivity contribution in [2.45, 2.75) is 80.6 Å². The SMILES string of the molecule is CCOC(=O)c1cc2n(n1)CCCN(C(=O)CBr)C2.CCOC(=O)c1cc2n(n1)CCCN(C(=O)CNc1cc(C)cc(C)c1)C2.Cc1cc(C)cc(N)c1. The molecule has 0 unspecified atom stereocenters. The highest BCUT2D eigenvalue weighted by Crippen LogP contribution is 2.18. The van der Waals surface area contributed by atoms with E-state index in [4.69, 9.17) is 15.2 Å². The van der Waals surface area contributed by atoms with Gasteiger partial charge in [0.1, 0.15) is 0 Å². The molecule has 2 aromatic heterocycles. The fourth-order valence-electron chi connectivity index (χ4n) is 6.42. The summed E-state index contributed by atoms with van der Waals surface area (Å²) >= 11 is 3.18. The Balaban J connectivity index is 0.000000207. The van der Waals surface area contributed by atoms with Crippen LogP contribution in [0, 0.1) is 27.7 Å². The average Bonchev–Trinajstić information content (AvgIpc) is 3.59. The van der Waals surface area contributed by atoms with Gasteiger partial charge in [-0.05, 0) is 113 Å². The maximum Gasteiger partial charge on any atom is 0.358 e. The molecule has 296 valence electrons. The summed E-state index contributed by atoms with van der Waals surface area (Å²) in [5, 5.41) is 12.1. The van der Waals surface area contributed by atoms with Crippen molar-refractivity contribution < 1.29 is 28.7 Å². The Hall–Kier alpha value is -5.18. The number of fused-ring (bicyclic) bond motifs is 2. The molecule has 2 aliphatic heterocycles. The zero-order valence-corrected chi connectivity index (χ0v) is 34.3. The summed E-state index contributed by atoms with van der Waals surface area (Å²) in [6.45, 7) is 16.3. The Morgan fingerprint density at radius 3 is 1.53 bits per heavy atom. The highest BCUT2D eigenvalue weighted by Gasteiger charge is 2.24. The molecule has 0 atom stereocenters. The van der Waals surface area contributed by atoms with E-state index in [0.29, 0.717) is 69.2 Å². The standard InChI is InChI=1S/C20H26N4O3.C12H16BrN3O3.C8H11N/c1-4-27-20(26)18-11-17-13-23(6-5-7-24(17)22-18)19(25)12-21-16-9-14(2)8-15(3)10-16;1-2-19-12(18)10-6-9-8-15(11(17)7-13)4-3-5-16(9)14-10;1-6-3-7(2)5-8(9)4-6/h8-11,21H,4-7,12-13H2,1-3H3;6H,2-5,7-8H2,1H3;3-5H,9H2,1-2H3.